The Labute approximate surface area is 122 Å². The molecule has 3 rings (SSSR count). The Morgan fingerprint density at radius 3 is 2.71 bits per heavy atom. The van der Waals surface area contributed by atoms with Gasteiger partial charge in [-0.25, -0.2) is 4.79 Å². The SMILES string of the molecule is O=C(Nc1ccc([N+](=O)[O-])cc1)N1CCC2(CCNC2)C1. The number of nitrogens with zero attached hydrogens (tertiary/aromatic N) is 2. The highest BCUT2D eigenvalue weighted by molar-refractivity contribution is 5.89. The summed E-state index contributed by atoms with van der Waals surface area (Å²) in [7, 11) is 0. The van der Waals surface area contributed by atoms with Crippen molar-refractivity contribution in [3.05, 3.63) is 34.4 Å². The van der Waals surface area contributed by atoms with Crippen molar-refractivity contribution in [2.75, 3.05) is 31.5 Å². The normalized spacial score (nSPS) is 24.5. The summed E-state index contributed by atoms with van der Waals surface area (Å²) >= 11 is 0. The summed E-state index contributed by atoms with van der Waals surface area (Å²) in [6.07, 6.45) is 2.15. The number of rotatable bonds is 2. The van der Waals surface area contributed by atoms with E-state index in [1.54, 1.807) is 12.1 Å². The van der Waals surface area contributed by atoms with Gasteiger partial charge in [0.25, 0.3) is 5.69 Å². The third-order valence-corrected chi connectivity index (χ3v) is 4.39. The van der Waals surface area contributed by atoms with Gasteiger partial charge in [-0.2, -0.15) is 0 Å². The van der Waals surface area contributed by atoms with E-state index in [0.29, 0.717) is 5.69 Å². The summed E-state index contributed by atoms with van der Waals surface area (Å²) in [6.45, 7) is 3.55. The molecule has 2 saturated heterocycles. The number of benzene rings is 1. The van der Waals surface area contributed by atoms with E-state index in [4.69, 9.17) is 0 Å². The van der Waals surface area contributed by atoms with Gasteiger partial charge >= 0.3 is 6.03 Å². The van der Waals surface area contributed by atoms with Crippen LogP contribution in [0.25, 0.3) is 0 Å². The molecule has 1 aromatic carbocycles. The zero-order chi connectivity index (χ0) is 14.9. The molecule has 1 atom stereocenters. The molecule has 0 aliphatic carbocycles. The molecule has 0 saturated carbocycles. The van der Waals surface area contributed by atoms with Crippen LogP contribution >= 0.6 is 0 Å². The van der Waals surface area contributed by atoms with E-state index in [1.807, 2.05) is 4.90 Å². The van der Waals surface area contributed by atoms with Crippen molar-refractivity contribution in [3.8, 4) is 0 Å². The molecule has 0 aromatic heterocycles. The Bertz CT molecular complexity index is 552. The van der Waals surface area contributed by atoms with Crippen LogP contribution in [0.15, 0.2) is 24.3 Å². The van der Waals surface area contributed by atoms with Crippen LogP contribution in [0.2, 0.25) is 0 Å². The van der Waals surface area contributed by atoms with Gasteiger partial charge < -0.3 is 15.5 Å². The Kier molecular flexibility index (Phi) is 3.50. The van der Waals surface area contributed by atoms with Crippen molar-refractivity contribution in [3.63, 3.8) is 0 Å². The first-order chi connectivity index (χ1) is 10.1. The van der Waals surface area contributed by atoms with Gasteiger partial charge in [-0.1, -0.05) is 0 Å². The first kappa shape index (κ1) is 13.8. The van der Waals surface area contributed by atoms with E-state index >= 15 is 0 Å². The first-order valence-corrected chi connectivity index (χ1v) is 7.09. The molecule has 2 heterocycles. The Morgan fingerprint density at radius 1 is 1.33 bits per heavy atom. The van der Waals surface area contributed by atoms with Crippen LogP contribution in [0.5, 0.6) is 0 Å². The second-order valence-electron chi connectivity index (χ2n) is 5.83. The number of hydrogen-bond donors (Lipinski definition) is 2. The van der Waals surface area contributed by atoms with E-state index in [-0.39, 0.29) is 17.1 Å². The molecule has 0 radical (unpaired) electrons. The van der Waals surface area contributed by atoms with E-state index in [2.05, 4.69) is 10.6 Å². The molecule has 0 bridgehead atoms. The molecule has 7 heteroatoms. The molecule has 21 heavy (non-hydrogen) atoms. The molecule has 2 aliphatic heterocycles. The highest BCUT2D eigenvalue weighted by atomic mass is 16.6. The monoisotopic (exact) mass is 290 g/mol. The lowest BCUT2D eigenvalue weighted by atomic mass is 9.87. The van der Waals surface area contributed by atoms with Crippen molar-refractivity contribution in [2.24, 2.45) is 5.41 Å². The van der Waals surface area contributed by atoms with Crippen LogP contribution < -0.4 is 10.6 Å². The number of nitrogens with one attached hydrogen (secondary N) is 2. The summed E-state index contributed by atoms with van der Waals surface area (Å²) in [6, 6.07) is 5.76. The molecule has 2 N–H and O–H groups in total. The number of nitro benzene ring substituents is 1. The van der Waals surface area contributed by atoms with Crippen LogP contribution in [0.4, 0.5) is 16.2 Å². The zero-order valence-electron chi connectivity index (χ0n) is 11.7. The average molecular weight is 290 g/mol. The molecule has 2 aliphatic rings. The van der Waals surface area contributed by atoms with Gasteiger partial charge in [0.1, 0.15) is 0 Å². The standard InChI is InChI=1S/C14H18N4O3/c19-13(16-11-1-3-12(4-2-11)18(20)21)17-8-6-14(10-17)5-7-15-9-14/h1-4,15H,5-10H2,(H,16,19). The maximum absolute atomic E-state index is 12.2. The van der Waals surface area contributed by atoms with E-state index in [9.17, 15) is 14.9 Å². The minimum Gasteiger partial charge on any atom is -0.324 e. The molecular weight excluding hydrogens is 272 g/mol. The molecule has 2 fully saturated rings. The van der Waals surface area contributed by atoms with Crippen molar-refractivity contribution < 1.29 is 9.72 Å². The Balaban J connectivity index is 1.60. The van der Waals surface area contributed by atoms with Crippen LogP contribution in [0.1, 0.15) is 12.8 Å². The Hall–Kier alpha value is -2.15. The van der Waals surface area contributed by atoms with Gasteiger partial charge in [0, 0.05) is 42.9 Å². The van der Waals surface area contributed by atoms with Gasteiger partial charge in [0.05, 0.1) is 4.92 Å². The molecule has 1 aromatic rings. The highest BCUT2D eigenvalue weighted by Gasteiger charge is 2.41. The number of amides is 2. The lowest BCUT2D eigenvalue weighted by molar-refractivity contribution is -0.384. The third kappa shape index (κ3) is 2.82. The smallest absolute Gasteiger partial charge is 0.321 e. The molecule has 1 unspecified atom stereocenters. The summed E-state index contributed by atoms with van der Waals surface area (Å²) in [5, 5.41) is 16.8. The summed E-state index contributed by atoms with van der Waals surface area (Å²) in [4.78, 5) is 24.2. The van der Waals surface area contributed by atoms with Crippen molar-refractivity contribution in [1.82, 2.24) is 10.2 Å². The van der Waals surface area contributed by atoms with Gasteiger partial charge in [0.2, 0.25) is 0 Å². The van der Waals surface area contributed by atoms with Gasteiger partial charge in [-0.15, -0.1) is 0 Å². The predicted molar refractivity (Wildman–Crippen MR) is 78.2 cm³/mol. The molecule has 7 nitrogen and oxygen atoms in total. The summed E-state index contributed by atoms with van der Waals surface area (Å²) in [5.74, 6) is 0. The van der Waals surface area contributed by atoms with Gasteiger partial charge in [-0.3, -0.25) is 10.1 Å². The average Bonchev–Trinajstić information content (AvgIpc) is 3.10. The largest absolute Gasteiger partial charge is 0.324 e. The van der Waals surface area contributed by atoms with E-state index in [0.717, 1.165) is 39.0 Å². The van der Waals surface area contributed by atoms with E-state index in [1.165, 1.54) is 12.1 Å². The lowest BCUT2D eigenvalue weighted by Gasteiger charge is -2.23. The second kappa shape index (κ2) is 5.33. The molecule has 1 spiro atoms. The summed E-state index contributed by atoms with van der Waals surface area (Å²) in [5.41, 5.74) is 0.841. The van der Waals surface area contributed by atoms with Crippen molar-refractivity contribution in [1.29, 1.82) is 0 Å². The minimum atomic E-state index is -0.455. The van der Waals surface area contributed by atoms with Crippen molar-refractivity contribution in [2.45, 2.75) is 12.8 Å². The van der Waals surface area contributed by atoms with Crippen LogP contribution in [0.3, 0.4) is 0 Å². The maximum atomic E-state index is 12.2. The predicted octanol–water partition coefficient (Wildman–Crippen LogP) is 1.81. The first-order valence-electron chi connectivity index (χ1n) is 7.09. The minimum absolute atomic E-state index is 0.0187. The fourth-order valence-corrected chi connectivity index (χ4v) is 3.12. The van der Waals surface area contributed by atoms with E-state index < -0.39 is 4.92 Å². The van der Waals surface area contributed by atoms with Crippen LogP contribution in [-0.2, 0) is 0 Å². The number of carbonyl (C=O) groups is 1. The van der Waals surface area contributed by atoms with Gasteiger partial charge in [-0.05, 0) is 31.5 Å². The number of urea groups is 1. The van der Waals surface area contributed by atoms with Crippen molar-refractivity contribution >= 4 is 17.4 Å². The number of carbonyl (C=O) groups excluding carboxylic acids is 1. The quantitative estimate of drug-likeness (QED) is 0.642. The lowest BCUT2D eigenvalue weighted by Crippen LogP contribution is -2.36. The Morgan fingerprint density at radius 2 is 2.10 bits per heavy atom. The molecule has 112 valence electrons. The fourth-order valence-electron chi connectivity index (χ4n) is 3.12. The van der Waals surface area contributed by atoms with Crippen LogP contribution in [0, 0.1) is 15.5 Å². The highest BCUT2D eigenvalue weighted by Crippen LogP contribution is 2.36. The number of likely N-dealkylation sites (tertiary alicyclic amines) is 1. The molecular formula is C14H18N4O3. The third-order valence-electron chi connectivity index (χ3n) is 4.39. The fraction of sp³-hybridized carbons (Fsp3) is 0.500. The number of nitro groups is 1. The summed E-state index contributed by atoms with van der Waals surface area (Å²) < 4.78 is 0. The van der Waals surface area contributed by atoms with Crippen LogP contribution in [-0.4, -0.2) is 42.0 Å². The van der Waals surface area contributed by atoms with Gasteiger partial charge in [0.15, 0.2) is 0 Å². The topological polar surface area (TPSA) is 87.5 Å². The number of anilines is 1. The maximum Gasteiger partial charge on any atom is 0.321 e. The number of hydrogen-bond acceptors (Lipinski definition) is 4. The zero-order valence-corrected chi connectivity index (χ0v) is 11.7. The molecule has 2 amide bonds. The number of non-ortho nitro benzene ring substituents is 1. The second-order valence-corrected chi connectivity index (χ2v) is 5.83.